The number of nitrogens with two attached hydrogens (primary N) is 1. The maximum absolute atomic E-state index is 8.59. The van der Waals surface area contributed by atoms with E-state index in [1.54, 1.807) is 7.05 Å². The number of hydrogen-bond acceptors (Lipinski definition) is 7. The van der Waals surface area contributed by atoms with E-state index in [1.165, 1.54) is 23.4 Å². The fraction of sp³-hybridized carbons (Fsp3) is 0.125. The normalized spacial score (nSPS) is 11.5. The first kappa shape index (κ1) is 10.8. The maximum Gasteiger partial charge on any atom is 0.342 e. The molecule has 2 rings (SSSR count). The van der Waals surface area contributed by atoms with Crippen molar-refractivity contribution in [2.75, 3.05) is 0 Å². The summed E-state index contributed by atoms with van der Waals surface area (Å²) in [5.74, 6) is -0.141. The molecular weight excluding hydrogens is 226 g/mol. The number of aromatic nitrogens is 5. The molecule has 9 heteroatoms. The monoisotopic (exact) mass is 235 g/mol. The Morgan fingerprint density at radius 3 is 2.82 bits per heavy atom. The molecule has 0 bridgehead atoms. The van der Waals surface area contributed by atoms with Gasteiger partial charge in [0.05, 0.1) is 0 Å². The van der Waals surface area contributed by atoms with Crippen molar-refractivity contribution in [2.45, 2.75) is 0 Å². The van der Waals surface area contributed by atoms with E-state index in [4.69, 9.17) is 15.7 Å². The Morgan fingerprint density at radius 1 is 1.41 bits per heavy atom. The molecule has 0 saturated heterocycles. The Labute approximate surface area is 95.6 Å². The van der Waals surface area contributed by atoms with Gasteiger partial charge in [-0.15, -0.1) is 5.10 Å². The molecule has 2 aromatic rings. The smallest absolute Gasteiger partial charge is 0.342 e. The molecule has 0 amide bonds. The fourth-order valence-corrected chi connectivity index (χ4v) is 1.08. The van der Waals surface area contributed by atoms with Crippen molar-refractivity contribution in [3.8, 4) is 11.9 Å². The molecule has 0 aromatic carbocycles. The second-order valence-electron chi connectivity index (χ2n) is 3.00. The molecule has 0 aliphatic rings. The Kier molecular flexibility index (Phi) is 2.81. The second kappa shape index (κ2) is 4.43. The molecule has 0 aliphatic carbocycles. The Balaban J connectivity index is 2.32. The average Bonchev–Trinajstić information content (AvgIpc) is 2.74. The molecule has 0 aliphatic heterocycles. The van der Waals surface area contributed by atoms with Crippen LogP contribution in [0, 0.1) is 0 Å². The van der Waals surface area contributed by atoms with Crippen molar-refractivity contribution in [2.24, 2.45) is 17.9 Å². The van der Waals surface area contributed by atoms with Gasteiger partial charge < -0.3 is 15.7 Å². The summed E-state index contributed by atoms with van der Waals surface area (Å²) in [7, 11) is 1.70. The second-order valence-corrected chi connectivity index (χ2v) is 3.00. The van der Waals surface area contributed by atoms with Crippen LogP contribution in [0.2, 0.25) is 0 Å². The quantitative estimate of drug-likeness (QED) is 0.317. The molecule has 0 unspecified atom stereocenters. The summed E-state index contributed by atoms with van der Waals surface area (Å²) in [6.45, 7) is 0. The fourth-order valence-electron chi connectivity index (χ4n) is 1.08. The molecule has 9 nitrogen and oxygen atoms in total. The highest BCUT2D eigenvalue weighted by Gasteiger charge is 2.13. The van der Waals surface area contributed by atoms with Crippen LogP contribution in [0.4, 0.5) is 0 Å². The van der Waals surface area contributed by atoms with Gasteiger partial charge in [0.15, 0.2) is 11.5 Å². The largest absolute Gasteiger partial charge is 0.409 e. The van der Waals surface area contributed by atoms with Crippen LogP contribution in [-0.2, 0) is 7.05 Å². The third-order valence-corrected chi connectivity index (χ3v) is 1.78. The highest BCUT2D eigenvalue weighted by atomic mass is 16.5. The van der Waals surface area contributed by atoms with Gasteiger partial charge in [-0.1, -0.05) is 5.16 Å². The van der Waals surface area contributed by atoms with Crippen LogP contribution in [0.1, 0.15) is 5.69 Å². The summed E-state index contributed by atoms with van der Waals surface area (Å²) in [4.78, 5) is 11.6. The standard InChI is InChI=1S/C8H9N7O2/c1-15-4-12-8(13-15)17-7-5(6(9)14-16)10-2-3-11-7/h2-4,16H,1H3,(H2,9,14). The maximum atomic E-state index is 8.59. The first-order chi connectivity index (χ1) is 8.20. The van der Waals surface area contributed by atoms with Crippen LogP contribution in [0.3, 0.4) is 0 Å². The number of amidine groups is 1. The highest BCUT2D eigenvalue weighted by Crippen LogP contribution is 2.17. The summed E-state index contributed by atoms with van der Waals surface area (Å²) in [5.41, 5.74) is 5.54. The van der Waals surface area contributed by atoms with E-state index in [0.717, 1.165) is 0 Å². The van der Waals surface area contributed by atoms with Crippen LogP contribution >= 0.6 is 0 Å². The van der Waals surface area contributed by atoms with Crippen LogP contribution < -0.4 is 10.5 Å². The molecule has 88 valence electrons. The predicted octanol–water partition coefficient (Wildman–Crippen LogP) is -0.508. The van der Waals surface area contributed by atoms with Gasteiger partial charge in [0, 0.05) is 19.4 Å². The van der Waals surface area contributed by atoms with Gasteiger partial charge in [0.1, 0.15) is 6.33 Å². The van der Waals surface area contributed by atoms with Gasteiger partial charge in [-0.2, -0.15) is 4.98 Å². The first-order valence-corrected chi connectivity index (χ1v) is 4.53. The molecule has 3 N–H and O–H groups in total. The van der Waals surface area contributed by atoms with E-state index < -0.39 is 0 Å². The predicted molar refractivity (Wildman–Crippen MR) is 55.6 cm³/mol. The van der Waals surface area contributed by atoms with Crippen LogP contribution in [0.5, 0.6) is 11.9 Å². The van der Waals surface area contributed by atoms with Crippen molar-refractivity contribution in [1.82, 2.24) is 24.7 Å². The lowest BCUT2D eigenvalue weighted by molar-refractivity contribution is 0.318. The number of ether oxygens (including phenoxy) is 1. The SMILES string of the molecule is Cn1cnc(Oc2nccnc2C(N)=NO)n1. The van der Waals surface area contributed by atoms with Crippen LogP contribution in [0.25, 0.3) is 0 Å². The number of hydrogen-bond donors (Lipinski definition) is 2. The zero-order valence-electron chi connectivity index (χ0n) is 8.85. The van der Waals surface area contributed by atoms with Gasteiger partial charge >= 0.3 is 6.01 Å². The Morgan fingerprint density at radius 2 is 2.18 bits per heavy atom. The van der Waals surface area contributed by atoms with Gasteiger partial charge in [-0.05, 0) is 0 Å². The number of rotatable bonds is 3. The van der Waals surface area contributed by atoms with E-state index >= 15 is 0 Å². The molecule has 0 fully saturated rings. The van der Waals surface area contributed by atoms with Gasteiger partial charge in [-0.3, -0.25) is 4.68 Å². The lowest BCUT2D eigenvalue weighted by atomic mass is 10.4. The zero-order valence-corrected chi connectivity index (χ0v) is 8.85. The number of oxime groups is 1. The summed E-state index contributed by atoms with van der Waals surface area (Å²) < 4.78 is 6.73. The van der Waals surface area contributed by atoms with Gasteiger partial charge in [-0.25, -0.2) is 9.97 Å². The van der Waals surface area contributed by atoms with Crippen LogP contribution in [0.15, 0.2) is 23.9 Å². The van der Waals surface area contributed by atoms with Crippen molar-refractivity contribution < 1.29 is 9.94 Å². The van der Waals surface area contributed by atoms with Gasteiger partial charge in [0.2, 0.25) is 0 Å². The van der Waals surface area contributed by atoms with E-state index in [1.807, 2.05) is 0 Å². The minimum Gasteiger partial charge on any atom is -0.409 e. The van der Waals surface area contributed by atoms with E-state index in [-0.39, 0.29) is 23.4 Å². The summed E-state index contributed by atoms with van der Waals surface area (Å²) in [6, 6.07) is 0.0972. The lowest BCUT2D eigenvalue weighted by Crippen LogP contribution is -2.16. The Bertz CT molecular complexity index is 550. The third-order valence-electron chi connectivity index (χ3n) is 1.78. The van der Waals surface area contributed by atoms with Crippen LogP contribution in [-0.4, -0.2) is 35.8 Å². The number of nitrogens with zero attached hydrogens (tertiary/aromatic N) is 6. The molecule has 2 aromatic heterocycles. The summed E-state index contributed by atoms with van der Waals surface area (Å²) in [5, 5.41) is 15.3. The molecule has 0 radical (unpaired) electrons. The average molecular weight is 235 g/mol. The minimum atomic E-state index is -0.205. The minimum absolute atomic E-state index is 0.0639. The molecule has 0 saturated carbocycles. The van der Waals surface area contributed by atoms with E-state index in [0.29, 0.717) is 0 Å². The van der Waals surface area contributed by atoms with E-state index in [9.17, 15) is 0 Å². The third kappa shape index (κ3) is 2.27. The van der Waals surface area contributed by atoms with Crippen molar-refractivity contribution >= 4 is 5.84 Å². The lowest BCUT2D eigenvalue weighted by Gasteiger charge is -2.03. The Hall–Kier alpha value is -2.71. The topological polar surface area (TPSA) is 124 Å². The highest BCUT2D eigenvalue weighted by molar-refractivity contribution is 5.97. The van der Waals surface area contributed by atoms with Crippen molar-refractivity contribution in [1.29, 1.82) is 0 Å². The summed E-state index contributed by atoms with van der Waals surface area (Å²) >= 11 is 0. The first-order valence-electron chi connectivity index (χ1n) is 4.53. The van der Waals surface area contributed by atoms with Gasteiger partial charge in [0.25, 0.3) is 5.88 Å². The summed E-state index contributed by atoms with van der Waals surface area (Å²) in [6.07, 6.45) is 4.27. The molecule has 17 heavy (non-hydrogen) atoms. The molecule has 2 heterocycles. The molecule has 0 atom stereocenters. The zero-order chi connectivity index (χ0) is 12.3. The van der Waals surface area contributed by atoms with Crippen molar-refractivity contribution in [3.63, 3.8) is 0 Å². The molecular formula is C8H9N7O2. The van der Waals surface area contributed by atoms with Crippen molar-refractivity contribution in [3.05, 3.63) is 24.4 Å². The number of aryl methyl sites for hydroxylation is 1. The molecule has 0 spiro atoms. The van der Waals surface area contributed by atoms with E-state index in [2.05, 4.69) is 25.2 Å².